The number of carbonyl (C=O) groups is 1. The quantitative estimate of drug-likeness (QED) is 0.342. The fourth-order valence-electron chi connectivity index (χ4n) is 3.31. The first-order valence-corrected chi connectivity index (χ1v) is 12.7. The predicted molar refractivity (Wildman–Crippen MR) is 132 cm³/mol. The van der Waals surface area contributed by atoms with Crippen LogP contribution in [-0.2, 0) is 22.7 Å². The van der Waals surface area contributed by atoms with Crippen LogP contribution in [0, 0.1) is 0 Å². The van der Waals surface area contributed by atoms with Crippen molar-refractivity contribution in [2.45, 2.75) is 24.5 Å². The Labute approximate surface area is 216 Å². The second-order valence-corrected chi connectivity index (χ2v) is 10.5. The summed E-state index contributed by atoms with van der Waals surface area (Å²) in [6.45, 7) is 1.83. The number of hydrogen-bond acceptors (Lipinski definition) is 4. The average molecular weight is 561 g/mol. The molecule has 36 heavy (non-hydrogen) atoms. The van der Waals surface area contributed by atoms with Crippen molar-refractivity contribution in [3.8, 4) is 5.75 Å². The summed E-state index contributed by atoms with van der Waals surface area (Å²) in [5.74, 6) is -0.495. The highest BCUT2D eigenvalue weighted by Gasteiger charge is 2.34. The number of hydrogen-bond donors (Lipinski definition) is 1. The summed E-state index contributed by atoms with van der Waals surface area (Å²) in [4.78, 5) is 12.9. The average Bonchev–Trinajstić information content (AvgIpc) is 2.81. The number of ether oxygens (including phenoxy) is 1. The molecule has 3 aromatic rings. The molecule has 1 N–H and O–H groups in total. The Hall–Kier alpha value is -2.79. The maximum Gasteiger partial charge on any atom is 0.418 e. The number of rotatable bonds is 8. The van der Waals surface area contributed by atoms with Crippen molar-refractivity contribution in [3.63, 3.8) is 0 Å². The normalized spacial score (nSPS) is 12.0. The first-order valence-electron chi connectivity index (χ1n) is 10.5. The smallest absolute Gasteiger partial charge is 0.418 e. The number of nitrogens with zero attached hydrogens (tertiary/aromatic N) is 1. The van der Waals surface area contributed by atoms with Crippen LogP contribution in [0.25, 0.3) is 0 Å². The molecule has 0 heterocycles. The standard InChI is InChI=1S/C24H21Cl2F3N2O4S/c1-3-35-22-11-4-15(23(32)30-21-10-7-18(26)13-20(21)24(27,28)29)12-16(22)14-31(2)36(33,34)19-8-5-17(25)6-9-19/h4-13H,3,14H2,1-2H3,(H,30,32). The van der Waals surface area contributed by atoms with E-state index < -0.39 is 33.4 Å². The number of anilines is 1. The number of amides is 1. The van der Waals surface area contributed by atoms with Gasteiger partial charge in [0.2, 0.25) is 10.0 Å². The minimum Gasteiger partial charge on any atom is -0.494 e. The van der Waals surface area contributed by atoms with Gasteiger partial charge in [0.15, 0.2) is 0 Å². The fourth-order valence-corrected chi connectivity index (χ4v) is 4.75. The topological polar surface area (TPSA) is 75.7 Å². The Balaban J connectivity index is 1.91. The molecule has 0 aromatic heterocycles. The lowest BCUT2D eigenvalue weighted by molar-refractivity contribution is -0.136. The molecule has 0 spiro atoms. The molecular weight excluding hydrogens is 540 g/mol. The van der Waals surface area contributed by atoms with Crippen LogP contribution in [0.2, 0.25) is 10.0 Å². The van der Waals surface area contributed by atoms with Gasteiger partial charge < -0.3 is 10.1 Å². The van der Waals surface area contributed by atoms with Crippen LogP contribution in [0.5, 0.6) is 5.75 Å². The second kappa shape index (κ2) is 11.1. The van der Waals surface area contributed by atoms with Crippen LogP contribution in [0.3, 0.4) is 0 Å². The molecule has 0 radical (unpaired) electrons. The molecule has 192 valence electrons. The minimum atomic E-state index is -4.74. The molecule has 6 nitrogen and oxygen atoms in total. The van der Waals surface area contributed by atoms with Gasteiger partial charge in [-0.05, 0) is 67.6 Å². The summed E-state index contributed by atoms with van der Waals surface area (Å²) in [5, 5.41) is 2.50. The largest absolute Gasteiger partial charge is 0.494 e. The lowest BCUT2D eigenvalue weighted by Gasteiger charge is -2.20. The molecule has 12 heteroatoms. The Morgan fingerprint density at radius 1 is 1.00 bits per heavy atom. The van der Waals surface area contributed by atoms with Crippen molar-refractivity contribution < 1.29 is 31.1 Å². The zero-order chi connectivity index (χ0) is 26.7. The molecule has 0 aliphatic heterocycles. The van der Waals surface area contributed by atoms with Crippen molar-refractivity contribution in [1.29, 1.82) is 0 Å². The van der Waals surface area contributed by atoms with E-state index in [1.54, 1.807) is 6.92 Å². The maximum absolute atomic E-state index is 13.4. The first-order chi connectivity index (χ1) is 16.8. The van der Waals surface area contributed by atoms with Gasteiger partial charge in [-0.25, -0.2) is 8.42 Å². The highest BCUT2D eigenvalue weighted by molar-refractivity contribution is 7.89. The van der Waals surface area contributed by atoms with Crippen LogP contribution in [0.4, 0.5) is 18.9 Å². The van der Waals surface area contributed by atoms with Crippen LogP contribution in [0.15, 0.2) is 65.6 Å². The molecule has 0 atom stereocenters. The van der Waals surface area contributed by atoms with Crippen LogP contribution < -0.4 is 10.1 Å². The van der Waals surface area contributed by atoms with E-state index in [2.05, 4.69) is 5.32 Å². The fraction of sp³-hybridized carbons (Fsp3) is 0.208. The highest BCUT2D eigenvalue weighted by Crippen LogP contribution is 2.37. The number of benzene rings is 3. The molecule has 0 bridgehead atoms. The lowest BCUT2D eigenvalue weighted by Crippen LogP contribution is -2.27. The van der Waals surface area contributed by atoms with E-state index in [0.29, 0.717) is 16.3 Å². The molecule has 0 fully saturated rings. The third kappa shape index (κ3) is 6.50. The van der Waals surface area contributed by atoms with Gasteiger partial charge in [-0.2, -0.15) is 17.5 Å². The molecule has 3 aromatic carbocycles. The van der Waals surface area contributed by atoms with Gasteiger partial charge in [-0.15, -0.1) is 0 Å². The molecule has 0 saturated heterocycles. The van der Waals surface area contributed by atoms with Gasteiger partial charge in [-0.1, -0.05) is 23.2 Å². The molecular formula is C24H21Cl2F3N2O4S. The van der Waals surface area contributed by atoms with Gasteiger partial charge in [0.1, 0.15) is 5.75 Å². The number of halogens is 5. The summed E-state index contributed by atoms with van der Waals surface area (Å²) in [5.41, 5.74) is -1.21. The predicted octanol–water partition coefficient (Wildman–Crippen LogP) is 6.48. The van der Waals surface area contributed by atoms with Crippen LogP contribution >= 0.6 is 23.2 Å². The van der Waals surface area contributed by atoms with Gasteiger partial charge in [0, 0.05) is 34.8 Å². The van der Waals surface area contributed by atoms with Crippen molar-refractivity contribution in [2.24, 2.45) is 0 Å². The Morgan fingerprint density at radius 2 is 1.64 bits per heavy atom. The zero-order valence-corrected chi connectivity index (χ0v) is 21.4. The van der Waals surface area contributed by atoms with E-state index in [0.717, 1.165) is 16.4 Å². The van der Waals surface area contributed by atoms with E-state index in [-0.39, 0.29) is 28.6 Å². The van der Waals surface area contributed by atoms with Gasteiger partial charge in [0.25, 0.3) is 5.91 Å². The van der Waals surface area contributed by atoms with Crippen LogP contribution in [0.1, 0.15) is 28.4 Å². The Bertz CT molecular complexity index is 1360. The number of carbonyl (C=O) groups excluding carboxylic acids is 1. The molecule has 0 aliphatic carbocycles. The van der Waals surface area contributed by atoms with Gasteiger partial charge in [-0.3, -0.25) is 4.79 Å². The van der Waals surface area contributed by atoms with E-state index in [1.807, 2.05) is 0 Å². The van der Waals surface area contributed by atoms with E-state index in [9.17, 15) is 26.4 Å². The molecule has 0 unspecified atom stereocenters. The summed E-state index contributed by atoms with van der Waals surface area (Å²) >= 11 is 11.5. The first kappa shape index (κ1) is 27.8. The monoisotopic (exact) mass is 560 g/mol. The zero-order valence-electron chi connectivity index (χ0n) is 19.1. The number of nitrogens with one attached hydrogen (secondary N) is 1. The number of alkyl halides is 3. The van der Waals surface area contributed by atoms with Gasteiger partial charge >= 0.3 is 6.18 Å². The maximum atomic E-state index is 13.4. The van der Waals surface area contributed by atoms with Crippen molar-refractivity contribution in [3.05, 3.63) is 87.4 Å². The molecule has 3 rings (SSSR count). The summed E-state index contributed by atoms with van der Waals surface area (Å²) < 4.78 is 72.8. The third-order valence-corrected chi connectivity index (χ3v) is 7.38. The Kier molecular flexibility index (Phi) is 8.55. The van der Waals surface area contributed by atoms with E-state index >= 15 is 0 Å². The molecule has 1 amide bonds. The van der Waals surface area contributed by atoms with E-state index in [1.165, 1.54) is 55.6 Å². The van der Waals surface area contributed by atoms with E-state index in [4.69, 9.17) is 27.9 Å². The lowest BCUT2D eigenvalue weighted by atomic mass is 10.1. The highest BCUT2D eigenvalue weighted by atomic mass is 35.5. The summed E-state index contributed by atoms with van der Waals surface area (Å²) in [6.07, 6.45) is -4.74. The van der Waals surface area contributed by atoms with Crippen LogP contribution in [-0.4, -0.2) is 32.3 Å². The van der Waals surface area contributed by atoms with Crippen molar-refractivity contribution >= 4 is 44.8 Å². The van der Waals surface area contributed by atoms with Crippen molar-refractivity contribution in [1.82, 2.24) is 4.31 Å². The minimum absolute atomic E-state index is 0.00817. The summed E-state index contributed by atoms with van der Waals surface area (Å²) in [6, 6.07) is 12.9. The number of sulfonamides is 1. The SMILES string of the molecule is CCOc1ccc(C(=O)Nc2ccc(Cl)cc2C(F)(F)F)cc1CN(C)S(=O)(=O)c1ccc(Cl)cc1. The molecule has 0 saturated carbocycles. The van der Waals surface area contributed by atoms with Gasteiger partial charge in [0.05, 0.1) is 22.8 Å². The van der Waals surface area contributed by atoms with Crippen molar-refractivity contribution in [2.75, 3.05) is 19.0 Å². The summed E-state index contributed by atoms with van der Waals surface area (Å²) in [7, 11) is -2.56. The Morgan fingerprint density at radius 3 is 2.25 bits per heavy atom. The second-order valence-electron chi connectivity index (χ2n) is 7.61. The third-order valence-electron chi connectivity index (χ3n) is 5.07. The molecule has 0 aliphatic rings.